The molecule has 0 saturated carbocycles. The first-order valence-corrected chi connectivity index (χ1v) is 6.92. The van der Waals surface area contributed by atoms with Gasteiger partial charge in [-0.05, 0) is 26.3 Å². The number of carbonyl (C=O) groups is 1. The highest BCUT2D eigenvalue weighted by Gasteiger charge is 2.20. The number of imidazole rings is 1. The number of rotatable bonds is 3. The fourth-order valence-corrected chi connectivity index (χ4v) is 2.73. The molecule has 1 N–H and O–H groups in total. The van der Waals surface area contributed by atoms with Crippen LogP contribution in [0, 0.1) is 13.8 Å². The van der Waals surface area contributed by atoms with Crippen LogP contribution in [-0.2, 0) is 24.3 Å². The zero-order valence-electron chi connectivity index (χ0n) is 11.8. The molecule has 20 heavy (non-hydrogen) atoms. The number of aromatic nitrogens is 4. The van der Waals surface area contributed by atoms with E-state index in [1.165, 1.54) is 0 Å². The molecule has 0 fully saturated rings. The standard InChI is InChI=1S/C14H19N5O/c1-10-7-11(2)19(17-10)9-14(20)16-12-3-4-13-15-5-6-18(13)8-12/h5-7,12H,3-4,8-9H2,1-2H3,(H,16,20). The maximum absolute atomic E-state index is 12.1. The van der Waals surface area contributed by atoms with Gasteiger partial charge in [-0.15, -0.1) is 0 Å². The van der Waals surface area contributed by atoms with Crippen molar-refractivity contribution in [3.05, 3.63) is 35.7 Å². The Bertz CT molecular complexity index is 627. The van der Waals surface area contributed by atoms with E-state index >= 15 is 0 Å². The molecule has 2 aromatic rings. The van der Waals surface area contributed by atoms with Crippen molar-refractivity contribution in [1.82, 2.24) is 24.6 Å². The Kier molecular flexibility index (Phi) is 3.30. The van der Waals surface area contributed by atoms with Gasteiger partial charge in [0.15, 0.2) is 0 Å². The second-order valence-corrected chi connectivity index (χ2v) is 5.38. The van der Waals surface area contributed by atoms with Gasteiger partial charge in [-0.3, -0.25) is 9.48 Å². The Morgan fingerprint density at radius 1 is 1.50 bits per heavy atom. The van der Waals surface area contributed by atoms with E-state index < -0.39 is 0 Å². The van der Waals surface area contributed by atoms with E-state index in [0.717, 1.165) is 36.6 Å². The first-order chi connectivity index (χ1) is 9.61. The van der Waals surface area contributed by atoms with Crippen LogP contribution in [0.1, 0.15) is 23.6 Å². The lowest BCUT2D eigenvalue weighted by atomic mass is 10.1. The molecule has 1 aliphatic heterocycles. The smallest absolute Gasteiger partial charge is 0.242 e. The summed E-state index contributed by atoms with van der Waals surface area (Å²) in [6, 6.07) is 2.16. The molecule has 0 saturated heterocycles. The van der Waals surface area contributed by atoms with Crippen LogP contribution in [-0.4, -0.2) is 31.3 Å². The fraction of sp³-hybridized carbons (Fsp3) is 0.500. The van der Waals surface area contributed by atoms with E-state index in [9.17, 15) is 4.79 Å². The summed E-state index contributed by atoms with van der Waals surface area (Å²) in [5.41, 5.74) is 1.95. The Morgan fingerprint density at radius 3 is 3.10 bits per heavy atom. The molecule has 3 rings (SSSR count). The highest BCUT2D eigenvalue weighted by atomic mass is 16.2. The number of nitrogens with zero attached hydrogens (tertiary/aromatic N) is 4. The van der Waals surface area contributed by atoms with Gasteiger partial charge in [0.25, 0.3) is 0 Å². The average Bonchev–Trinajstić information content (AvgIpc) is 2.96. The normalized spacial score (nSPS) is 17.8. The molecule has 0 bridgehead atoms. The van der Waals surface area contributed by atoms with Crippen LogP contribution in [0.2, 0.25) is 0 Å². The molecular weight excluding hydrogens is 254 g/mol. The molecule has 2 aromatic heterocycles. The number of fused-ring (bicyclic) bond motifs is 1. The monoisotopic (exact) mass is 273 g/mol. The molecule has 6 heteroatoms. The maximum atomic E-state index is 12.1. The summed E-state index contributed by atoms with van der Waals surface area (Å²) in [4.78, 5) is 16.4. The number of amides is 1. The molecule has 0 radical (unpaired) electrons. The van der Waals surface area contributed by atoms with Gasteiger partial charge < -0.3 is 9.88 Å². The van der Waals surface area contributed by atoms with Crippen molar-refractivity contribution >= 4 is 5.91 Å². The lowest BCUT2D eigenvalue weighted by Crippen LogP contribution is -2.42. The van der Waals surface area contributed by atoms with Gasteiger partial charge in [-0.1, -0.05) is 0 Å². The molecule has 0 aliphatic carbocycles. The summed E-state index contributed by atoms with van der Waals surface area (Å²) in [6.07, 6.45) is 5.64. The zero-order chi connectivity index (χ0) is 14.1. The summed E-state index contributed by atoms with van der Waals surface area (Å²) >= 11 is 0. The number of aryl methyl sites for hydroxylation is 3. The molecule has 1 amide bonds. The third-order valence-corrected chi connectivity index (χ3v) is 3.70. The van der Waals surface area contributed by atoms with Gasteiger partial charge in [0.2, 0.25) is 5.91 Å². The average molecular weight is 273 g/mol. The first kappa shape index (κ1) is 12.9. The van der Waals surface area contributed by atoms with Gasteiger partial charge in [0.05, 0.1) is 5.69 Å². The minimum absolute atomic E-state index is 0.0183. The molecule has 1 aliphatic rings. The van der Waals surface area contributed by atoms with Gasteiger partial charge in [-0.2, -0.15) is 5.10 Å². The predicted octanol–water partition coefficient (Wildman–Crippen LogP) is 0.828. The summed E-state index contributed by atoms with van der Waals surface area (Å²) < 4.78 is 3.86. The third-order valence-electron chi connectivity index (χ3n) is 3.70. The predicted molar refractivity (Wildman–Crippen MR) is 74.2 cm³/mol. The molecule has 0 aromatic carbocycles. The molecular formula is C14H19N5O. The number of nitrogens with one attached hydrogen (secondary N) is 1. The van der Waals surface area contributed by atoms with Crippen LogP contribution < -0.4 is 5.32 Å². The van der Waals surface area contributed by atoms with Gasteiger partial charge in [0, 0.05) is 37.1 Å². The number of hydrogen-bond acceptors (Lipinski definition) is 3. The highest BCUT2D eigenvalue weighted by molar-refractivity contribution is 5.76. The van der Waals surface area contributed by atoms with Crippen molar-refractivity contribution in [2.45, 2.75) is 45.8 Å². The van der Waals surface area contributed by atoms with Crippen LogP contribution in [0.3, 0.4) is 0 Å². The van der Waals surface area contributed by atoms with Crippen molar-refractivity contribution in [1.29, 1.82) is 0 Å². The number of hydrogen-bond donors (Lipinski definition) is 1. The Labute approximate surface area is 117 Å². The van der Waals surface area contributed by atoms with E-state index in [1.807, 2.05) is 32.3 Å². The quantitative estimate of drug-likeness (QED) is 0.900. The molecule has 3 heterocycles. The lowest BCUT2D eigenvalue weighted by molar-refractivity contribution is -0.122. The van der Waals surface area contributed by atoms with E-state index in [2.05, 4.69) is 20.0 Å². The van der Waals surface area contributed by atoms with E-state index in [0.29, 0.717) is 0 Å². The molecule has 0 spiro atoms. The van der Waals surface area contributed by atoms with Crippen molar-refractivity contribution < 1.29 is 4.79 Å². The van der Waals surface area contributed by atoms with Crippen LogP contribution in [0.15, 0.2) is 18.5 Å². The van der Waals surface area contributed by atoms with Gasteiger partial charge >= 0.3 is 0 Å². The summed E-state index contributed by atoms with van der Waals surface area (Å²) in [7, 11) is 0. The van der Waals surface area contributed by atoms with Crippen LogP contribution in [0.4, 0.5) is 0 Å². The Hall–Kier alpha value is -2.11. The van der Waals surface area contributed by atoms with Crippen LogP contribution >= 0.6 is 0 Å². The SMILES string of the molecule is Cc1cc(C)n(CC(=O)NC2CCc3nccn3C2)n1. The molecule has 6 nitrogen and oxygen atoms in total. The Balaban J connectivity index is 1.59. The topological polar surface area (TPSA) is 64.7 Å². The van der Waals surface area contributed by atoms with Crippen molar-refractivity contribution in [2.75, 3.05) is 0 Å². The van der Waals surface area contributed by atoms with Crippen molar-refractivity contribution in [3.63, 3.8) is 0 Å². The van der Waals surface area contributed by atoms with E-state index in [4.69, 9.17) is 0 Å². The van der Waals surface area contributed by atoms with E-state index in [1.54, 1.807) is 4.68 Å². The Morgan fingerprint density at radius 2 is 2.35 bits per heavy atom. The zero-order valence-corrected chi connectivity index (χ0v) is 11.8. The van der Waals surface area contributed by atoms with Crippen molar-refractivity contribution in [3.8, 4) is 0 Å². The van der Waals surface area contributed by atoms with Gasteiger partial charge in [-0.25, -0.2) is 4.98 Å². The first-order valence-electron chi connectivity index (χ1n) is 6.92. The van der Waals surface area contributed by atoms with Crippen LogP contribution in [0.25, 0.3) is 0 Å². The minimum Gasteiger partial charge on any atom is -0.350 e. The maximum Gasteiger partial charge on any atom is 0.242 e. The second kappa shape index (κ2) is 5.11. The van der Waals surface area contributed by atoms with E-state index in [-0.39, 0.29) is 18.5 Å². The largest absolute Gasteiger partial charge is 0.350 e. The highest BCUT2D eigenvalue weighted by Crippen LogP contribution is 2.13. The van der Waals surface area contributed by atoms with Gasteiger partial charge in [0.1, 0.15) is 12.4 Å². The fourth-order valence-electron chi connectivity index (χ4n) is 2.73. The second-order valence-electron chi connectivity index (χ2n) is 5.38. The lowest BCUT2D eigenvalue weighted by Gasteiger charge is -2.24. The summed E-state index contributed by atoms with van der Waals surface area (Å²) in [6.45, 7) is 4.99. The summed E-state index contributed by atoms with van der Waals surface area (Å²) in [5.74, 6) is 1.12. The molecule has 1 unspecified atom stereocenters. The number of carbonyl (C=O) groups excluding carboxylic acids is 1. The molecule has 106 valence electrons. The molecule has 1 atom stereocenters. The third kappa shape index (κ3) is 2.59. The minimum atomic E-state index is 0.0183. The van der Waals surface area contributed by atoms with Crippen LogP contribution in [0.5, 0.6) is 0 Å². The summed E-state index contributed by atoms with van der Waals surface area (Å²) in [5, 5.41) is 7.40. The van der Waals surface area contributed by atoms with Crippen molar-refractivity contribution in [2.24, 2.45) is 0 Å².